The number of anilines is 2. The summed E-state index contributed by atoms with van der Waals surface area (Å²) in [6, 6.07) is 8.04. The Morgan fingerprint density at radius 3 is 2.37 bits per heavy atom. The zero-order valence-corrected chi connectivity index (χ0v) is 11.6. The molecule has 4 nitrogen and oxygen atoms in total. The molecule has 0 saturated carbocycles. The molecule has 1 aliphatic heterocycles. The molecule has 102 valence electrons. The molecular weight excluding hydrogens is 238 g/mol. The van der Waals surface area contributed by atoms with Crippen molar-refractivity contribution in [3.8, 4) is 0 Å². The van der Waals surface area contributed by atoms with Crippen molar-refractivity contribution in [2.45, 2.75) is 6.92 Å². The Kier molecular flexibility index (Phi) is 4.58. The molecule has 1 fully saturated rings. The third-order valence-corrected chi connectivity index (χ3v) is 3.32. The van der Waals surface area contributed by atoms with E-state index < -0.39 is 0 Å². The van der Waals surface area contributed by atoms with E-state index in [1.54, 1.807) is 6.08 Å². The fraction of sp³-hybridized carbons (Fsp3) is 0.400. The fourth-order valence-corrected chi connectivity index (χ4v) is 2.16. The van der Waals surface area contributed by atoms with Crippen LogP contribution >= 0.6 is 0 Å². The highest BCUT2D eigenvalue weighted by Crippen LogP contribution is 2.19. The molecule has 0 unspecified atom stereocenters. The van der Waals surface area contributed by atoms with Crippen LogP contribution in [0.1, 0.15) is 6.92 Å². The van der Waals surface area contributed by atoms with Gasteiger partial charge in [0.15, 0.2) is 0 Å². The number of hydrogen-bond acceptors (Lipinski definition) is 3. The van der Waals surface area contributed by atoms with E-state index in [2.05, 4.69) is 34.3 Å². The van der Waals surface area contributed by atoms with E-state index >= 15 is 0 Å². The lowest BCUT2D eigenvalue weighted by molar-refractivity contribution is -0.111. The van der Waals surface area contributed by atoms with Crippen LogP contribution in [-0.2, 0) is 4.79 Å². The molecule has 1 aromatic rings. The topological polar surface area (TPSA) is 35.6 Å². The lowest BCUT2D eigenvalue weighted by atomic mass is 10.2. The van der Waals surface area contributed by atoms with Gasteiger partial charge in [0.2, 0.25) is 5.91 Å². The molecule has 0 aromatic heterocycles. The van der Waals surface area contributed by atoms with Crippen molar-refractivity contribution in [3.05, 3.63) is 36.4 Å². The number of benzene rings is 1. The van der Waals surface area contributed by atoms with Crippen molar-refractivity contribution in [1.82, 2.24) is 4.90 Å². The summed E-state index contributed by atoms with van der Waals surface area (Å²) >= 11 is 0. The highest BCUT2D eigenvalue weighted by atomic mass is 16.1. The monoisotopic (exact) mass is 259 g/mol. The molecule has 0 radical (unpaired) electrons. The van der Waals surface area contributed by atoms with Crippen molar-refractivity contribution < 1.29 is 4.79 Å². The molecule has 4 heteroatoms. The SMILES string of the molecule is C/C=C/C(=O)Nc1ccc(N2CCN(C)CC2)cc1. The number of nitrogens with zero attached hydrogens (tertiary/aromatic N) is 2. The van der Waals surface area contributed by atoms with Gasteiger partial charge >= 0.3 is 0 Å². The fourth-order valence-electron chi connectivity index (χ4n) is 2.16. The first-order chi connectivity index (χ1) is 9.19. The van der Waals surface area contributed by atoms with E-state index in [-0.39, 0.29) is 5.91 Å². The van der Waals surface area contributed by atoms with Gasteiger partial charge < -0.3 is 15.1 Å². The third-order valence-electron chi connectivity index (χ3n) is 3.32. The zero-order chi connectivity index (χ0) is 13.7. The van der Waals surface area contributed by atoms with Crippen LogP contribution in [0.25, 0.3) is 0 Å². The molecule has 0 bridgehead atoms. The van der Waals surface area contributed by atoms with Crippen LogP contribution in [0.5, 0.6) is 0 Å². The first kappa shape index (κ1) is 13.6. The van der Waals surface area contributed by atoms with E-state index in [9.17, 15) is 4.79 Å². The minimum atomic E-state index is -0.0881. The lowest BCUT2D eigenvalue weighted by Gasteiger charge is -2.34. The average molecular weight is 259 g/mol. The normalized spacial score (nSPS) is 16.8. The second-order valence-electron chi connectivity index (χ2n) is 4.83. The molecule has 1 N–H and O–H groups in total. The number of piperazine rings is 1. The minimum absolute atomic E-state index is 0.0881. The van der Waals surface area contributed by atoms with Crippen molar-refractivity contribution >= 4 is 17.3 Å². The van der Waals surface area contributed by atoms with E-state index in [0.29, 0.717) is 0 Å². The second-order valence-corrected chi connectivity index (χ2v) is 4.83. The standard InChI is InChI=1S/C15H21N3O/c1-3-4-15(19)16-13-5-7-14(8-6-13)18-11-9-17(2)10-12-18/h3-8H,9-12H2,1-2H3,(H,16,19)/b4-3+. The Hall–Kier alpha value is -1.81. The van der Waals surface area contributed by atoms with Crippen LogP contribution in [0, 0.1) is 0 Å². The summed E-state index contributed by atoms with van der Waals surface area (Å²) in [7, 11) is 2.15. The van der Waals surface area contributed by atoms with Gasteiger partial charge in [-0.25, -0.2) is 0 Å². The van der Waals surface area contributed by atoms with Gasteiger partial charge in [-0.05, 0) is 44.3 Å². The molecule has 19 heavy (non-hydrogen) atoms. The van der Waals surface area contributed by atoms with Gasteiger partial charge in [-0.15, -0.1) is 0 Å². The molecule has 0 aliphatic carbocycles. The van der Waals surface area contributed by atoms with Gasteiger partial charge in [0, 0.05) is 37.6 Å². The average Bonchev–Trinajstić information content (AvgIpc) is 2.41. The quantitative estimate of drug-likeness (QED) is 0.843. The number of carbonyl (C=O) groups is 1. The van der Waals surface area contributed by atoms with Gasteiger partial charge in [0.1, 0.15) is 0 Å². The summed E-state index contributed by atoms with van der Waals surface area (Å²) in [5.41, 5.74) is 2.05. The molecule has 0 spiro atoms. The Bertz CT molecular complexity index is 445. The Labute approximate surface area is 114 Å². The van der Waals surface area contributed by atoms with Crippen LogP contribution in [0.2, 0.25) is 0 Å². The highest BCUT2D eigenvalue weighted by Gasteiger charge is 2.13. The third kappa shape index (κ3) is 3.83. The maximum atomic E-state index is 11.4. The lowest BCUT2D eigenvalue weighted by Crippen LogP contribution is -2.44. The van der Waals surface area contributed by atoms with E-state index in [0.717, 1.165) is 31.9 Å². The summed E-state index contributed by atoms with van der Waals surface area (Å²) in [6.45, 7) is 6.14. The molecule has 0 atom stereocenters. The Balaban J connectivity index is 1.96. The van der Waals surface area contributed by atoms with Crippen LogP contribution in [0.3, 0.4) is 0 Å². The summed E-state index contributed by atoms with van der Waals surface area (Å²) in [4.78, 5) is 16.1. The number of nitrogens with one attached hydrogen (secondary N) is 1. The van der Waals surface area contributed by atoms with Gasteiger partial charge in [0.25, 0.3) is 0 Å². The number of rotatable bonds is 3. The Morgan fingerprint density at radius 2 is 1.79 bits per heavy atom. The highest BCUT2D eigenvalue weighted by molar-refractivity contribution is 5.99. The number of hydrogen-bond donors (Lipinski definition) is 1. The molecule has 1 amide bonds. The Morgan fingerprint density at radius 1 is 1.16 bits per heavy atom. The van der Waals surface area contributed by atoms with Gasteiger partial charge in [0.05, 0.1) is 0 Å². The zero-order valence-electron chi connectivity index (χ0n) is 11.6. The second kappa shape index (κ2) is 6.38. The summed E-state index contributed by atoms with van der Waals surface area (Å²) in [6.07, 6.45) is 3.25. The molecule has 1 saturated heterocycles. The van der Waals surface area contributed by atoms with Gasteiger partial charge in [-0.3, -0.25) is 4.79 Å². The van der Waals surface area contributed by atoms with Gasteiger partial charge in [-0.2, -0.15) is 0 Å². The van der Waals surface area contributed by atoms with E-state index in [1.165, 1.54) is 11.8 Å². The number of allylic oxidation sites excluding steroid dienone is 1. The number of carbonyl (C=O) groups excluding carboxylic acids is 1. The summed E-state index contributed by atoms with van der Waals surface area (Å²) in [5.74, 6) is -0.0881. The molecule has 2 rings (SSSR count). The van der Waals surface area contributed by atoms with Crippen molar-refractivity contribution in [3.63, 3.8) is 0 Å². The first-order valence-corrected chi connectivity index (χ1v) is 6.66. The smallest absolute Gasteiger partial charge is 0.248 e. The molecule has 1 aromatic carbocycles. The molecular formula is C15H21N3O. The predicted molar refractivity (Wildman–Crippen MR) is 79.6 cm³/mol. The number of amides is 1. The van der Waals surface area contributed by atoms with Crippen molar-refractivity contribution in [2.24, 2.45) is 0 Å². The largest absolute Gasteiger partial charge is 0.369 e. The molecule has 1 heterocycles. The van der Waals surface area contributed by atoms with E-state index in [1.807, 2.05) is 19.1 Å². The number of likely N-dealkylation sites (N-methyl/N-ethyl adjacent to an activating group) is 1. The van der Waals surface area contributed by atoms with Gasteiger partial charge in [-0.1, -0.05) is 6.08 Å². The van der Waals surface area contributed by atoms with Crippen molar-refractivity contribution in [2.75, 3.05) is 43.4 Å². The summed E-state index contributed by atoms with van der Waals surface area (Å²) in [5, 5.41) is 2.83. The maximum absolute atomic E-state index is 11.4. The minimum Gasteiger partial charge on any atom is -0.369 e. The van der Waals surface area contributed by atoms with E-state index in [4.69, 9.17) is 0 Å². The molecule has 1 aliphatic rings. The van der Waals surface area contributed by atoms with Crippen LogP contribution in [0.15, 0.2) is 36.4 Å². The van der Waals surface area contributed by atoms with Crippen LogP contribution < -0.4 is 10.2 Å². The summed E-state index contributed by atoms with van der Waals surface area (Å²) < 4.78 is 0. The van der Waals surface area contributed by atoms with Crippen LogP contribution in [0.4, 0.5) is 11.4 Å². The van der Waals surface area contributed by atoms with Crippen LogP contribution in [-0.4, -0.2) is 44.0 Å². The van der Waals surface area contributed by atoms with Crippen molar-refractivity contribution in [1.29, 1.82) is 0 Å². The first-order valence-electron chi connectivity index (χ1n) is 6.66. The maximum Gasteiger partial charge on any atom is 0.248 e. The predicted octanol–water partition coefficient (Wildman–Crippen LogP) is 1.95.